The maximum Gasteiger partial charge on any atom is 0.126 e. The van der Waals surface area contributed by atoms with Gasteiger partial charge in [-0.3, -0.25) is 0 Å². The SMILES string of the molecule is NCC(Cc1cc(Cl)ccc1F)c1ccc(Cl)cc1. The molecular weight excluding hydrogens is 284 g/mol. The minimum atomic E-state index is -0.253. The molecule has 2 rings (SSSR count). The molecule has 0 saturated heterocycles. The predicted molar refractivity (Wildman–Crippen MR) is 78.4 cm³/mol. The van der Waals surface area contributed by atoms with Crippen LogP contribution in [0, 0.1) is 5.82 Å². The van der Waals surface area contributed by atoms with Crippen molar-refractivity contribution in [3.8, 4) is 0 Å². The van der Waals surface area contributed by atoms with Crippen LogP contribution in [-0.2, 0) is 6.42 Å². The van der Waals surface area contributed by atoms with Gasteiger partial charge in [0.25, 0.3) is 0 Å². The van der Waals surface area contributed by atoms with Gasteiger partial charge >= 0.3 is 0 Å². The zero-order valence-electron chi connectivity index (χ0n) is 10.2. The van der Waals surface area contributed by atoms with Crippen LogP contribution < -0.4 is 5.73 Å². The lowest BCUT2D eigenvalue weighted by atomic mass is 9.92. The van der Waals surface area contributed by atoms with Gasteiger partial charge in [-0.05, 0) is 54.4 Å². The van der Waals surface area contributed by atoms with E-state index in [0.717, 1.165) is 5.56 Å². The van der Waals surface area contributed by atoms with Gasteiger partial charge in [0.2, 0.25) is 0 Å². The fraction of sp³-hybridized carbons (Fsp3) is 0.200. The van der Waals surface area contributed by atoms with Crippen molar-refractivity contribution in [2.24, 2.45) is 5.73 Å². The Labute approximate surface area is 122 Å². The van der Waals surface area contributed by atoms with Gasteiger partial charge in [0.05, 0.1) is 0 Å². The summed E-state index contributed by atoms with van der Waals surface area (Å²) in [6.07, 6.45) is 0.518. The highest BCUT2D eigenvalue weighted by molar-refractivity contribution is 6.30. The zero-order valence-corrected chi connectivity index (χ0v) is 11.8. The molecule has 0 aromatic heterocycles. The molecule has 1 nitrogen and oxygen atoms in total. The fourth-order valence-corrected chi connectivity index (χ4v) is 2.36. The summed E-state index contributed by atoms with van der Waals surface area (Å²) in [5.41, 5.74) is 7.42. The largest absolute Gasteiger partial charge is 0.330 e. The molecule has 0 saturated carbocycles. The molecule has 0 aliphatic heterocycles. The molecule has 0 heterocycles. The zero-order chi connectivity index (χ0) is 13.8. The molecule has 1 atom stereocenters. The molecule has 0 aliphatic rings. The van der Waals surface area contributed by atoms with Crippen molar-refractivity contribution >= 4 is 23.2 Å². The van der Waals surface area contributed by atoms with Gasteiger partial charge in [0.15, 0.2) is 0 Å². The lowest BCUT2D eigenvalue weighted by molar-refractivity contribution is 0.590. The van der Waals surface area contributed by atoms with Crippen LogP contribution in [0.1, 0.15) is 17.0 Å². The Hall–Kier alpha value is -1.09. The second-order valence-corrected chi connectivity index (χ2v) is 5.30. The highest BCUT2D eigenvalue weighted by atomic mass is 35.5. The monoisotopic (exact) mass is 297 g/mol. The number of nitrogens with two attached hydrogens (primary N) is 1. The van der Waals surface area contributed by atoms with Crippen LogP contribution in [0.2, 0.25) is 10.0 Å². The average Bonchev–Trinajstić information content (AvgIpc) is 2.41. The summed E-state index contributed by atoms with van der Waals surface area (Å²) in [7, 11) is 0. The first-order valence-electron chi connectivity index (χ1n) is 5.99. The van der Waals surface area contributed by atoms with Crippen LogP contribution in [0.15, 0.2) is 42.5 Å². The summed E-state index contributed by atoms with van der Waals surface area (Å²) in [5.74, 6) is -0.206. The van der Waals surface area contributed by atoms with E-state index in [4.69, 9.17) is 28.9 Å². The molecule has 100 valence electrons. The number of rotatable bonds is 4. The third kappa shape index (κ3) is 3.69. The highest BCUT2D eigenvalue weighted by Gasteiger charge is 2.13. The maximum atomic E-state index is 13.7. The Morgan fingerprint density at radius 3 is 2.26 bits per heavy atom. The van der Waals surface area contributed by atoms with Gasteiger partial charge in [-0.2, -0.15) is 0 Å². The smallest absolute Gasteiger partial charge is 0.126 e. The topological polar surface area (TPSA) is 26.0 Å². The Balaban J connectivity index is 2.23. The van der Waals surface area contributed by atoms with E-state index in [1.807, 2.05) is 24.3 Å². The third-order valence-corrected chi connectivity index (χ3v) is 3.59. The number of hydrogen-bond donors (Lipinski definition) is 1. The van der Waals surface area contributed by atoms with E-state index in [-0.39, 0.29) is 11.7 Å². The van der Waals surface area contributed by atoms with Crippen LogP contribution in [0.3, 0.4) is 0 Å². The molecule has 2 aromatic carbocycles. The van der Waals surface area contributed by atoms with Crippen molar-refractivity contribution in [1.82, 2.24) is 0 Å². The van der Waals surface area contributed by atoms with E-state index in [2.05, 4.69) is 0 Å². The summed E-state index contributed by atoms with van der Waals surface area (Å²) >= 11 is 11.8. The van der Waals surface area contributed by atoms with E-state index in [9.17, 15) is 4.39 Å². The molecule has 0 radical (unpaired) electrons. The van der Waals surface area contributed by atoms with Crippen molar-refractivity contribution < 1.29 is 4.39 Å². The Kier molecular flexibility index (Phi) is 4.81. The Bertz CT molecular complexity index is 555. The Morgan fingerprint density at radius 2 is 1.63 bits per heavy atom. The quantitative estimate of drug-likeness (QED) is 0.888. The second-order valence-electron chi connectivity index (χ2n) is 4.42. The molecule has 1 unspecified atom stereocenters. The van der Waals surface area contributed by atoms with Gasteiger partial charge < -0.3 is 5.73 Å². The molecule has 2 N–H and O–H groups in total. The third-order valence-electron chi connectivity index (χ3n) is 3.10. The van der Waals surface area contributed by atoms with E-state index >= 15 is 0 Å². The summed E-state index contributed by atoms with van der Waals surface area (Å²) in [4.78, 5) is 0. The van der Waals surface area contributed by atoms with Gasteiger partial charge in [-0.15, -0.1) is 0 Å². The predicted octanol–water partition coefficient (Wildman–Crippen LogP) is 4.42. The van der Waals surface area contributed by atoms with E-state index in [1.54, 1.807) is 12.1 Å². The summed E-state index contributed by atoms with van der Waals surface area (Å²) < 4.78 is 13.7. The normalized spacial score (nSPS) is 12.4. The number of hydrogen-bond acceptors (Lipinski definition) is 1. The van der Waals surface area contributed by atoms with Crippen LogP contribution >= 0.6 is 23.2 Å². The van der Waals surface area contributed by atoms with E-state index in [0.29, 0.717) is 28.6 Å². The van der Waals surface area contributed by atoms with Crippen molar-refractivity contribution in [2.75, 3.05) is 6.54 Å². The molecule has 0 amide bonds. The average molecular weight is 298 g/mol. The van der Waals surface area contributed by atoms with Crippen molar-refractivity contribution in [3.63, 3.8) is 0 Å². The summed E-state index contributed by atoms with van der Waals surface area (Å²) in [6.45, 7) is 0.438. The molecule has 19 heavy (non-hydrogen) atoms. The number of benzene rings is 2. The summed E-state index contributed by atoms with van der Waals surface area (Å²) in [5, 5.41) is 1.21. The van der Waals surface area contributed by atoms with Crippen LogP contribution in [0.5, 0.6) is 0 Å². The molecule has 2 aromatic rings. The van der Waals surface area contributed by atoms with Crippen LogP contribution in [0.4, 0.5) is 4.39 Å². The van der Waals surface area contributed by atoms with Gasteiger partial charge in [0.1, 0.15) is 5.82 Å². The lowest BCUT2D eigenvalue weighted by Crippen LogP contribution is -2.15. The number of halogens is 3. The maximum absolute atomic E-state index is 13.7. The first kappa shape index (κ1) is 14.3. The van der Waals surface area contributed by atoms with Crippen molar-refractivity contribution in [1.29, 1.82) is 0 Å². The first-order valence-corrected chi connectivity index (χ1v) is 6.75. The van der Waals surface area contributed by atoms with E-state index in [1.165, 1.54) is 6.07 Å². The Morgan fingerprint density at radius 1 is 1.00 bits per heavy atom. The minimum Gasteiger partial charge on any atom is -0.330 e. The van der Waals surface area contributed by atoms with Crippen molar-refractivity contribution in [2.45, 2.75) is 12.3 Å². The molecule has 0 aliphatic carbocycles. The van der Waals surface area contributed by atoms with Gasteiger partial charge in [-0.1, -0.05) is 35.3 Å². The second kappa shape index (κ2) is 6.38. The molecule has 0 bridgehead atoms. The van der Waals surface area contributed by atoms with Crippen LogP contribution in [-0.4, -0.2) is 6.54 Å². The molecular formula is C15H14Cl2FN. The van der Waals surface area contributed by atoms with Gasteiger partial charge in [0, 0.05) is 16.0 Å². The minimum absolute atomic E-state index is 0.0465. The van der Waals surface area contributed by atoms with Crippen LogP contribution in [0.25, 0.3) is 0 Å². The van der Waals surface area contributed by atoms with E-state index < -0.39 is 0 Å². The highest BCUT2D eigenvalue weighted by Crippen LogP contribution is 2.24. The standard InChI is InChI=1S/C15H14Cl2FN/c16-13-3-1-10(2-4-13)12(9-19)7-11-8-14(17)5-6-15(11)18/h1-6,8,12H,7,9,19H2. The summed E-state index contributed by atoms with van der Waals surface area (Å²) in [6, 6.07) is 12.0. The lowest BCUT2D eigenvalue weighted by Gasteiger charge is -2.16. The first-order chi connectivity index (χ1) is 9.10. The molecule has 0 spiro atoms. The molecule has 0 fully saturated rings. The van der Waals surface area contributed by atoms with Crippen molar-refractivity contribution in [3.05, 3.63) is 69.5 Å². The molecule has 4 heteroatoms. The van der Waals surface area contributed by atoms with Gasteiger partial charge in [-0.25, -0.2) is 4.39 Å². The fourth-order valence-electron chi connectivity index (χ4n) is 2.04.